The lowest BCUT2D eigenvalue weighted by Gasteiger charge is -2.12. The number of pyridine rings is 1. The third-order valence-corrected chi connectivity index (χ3v) is 3.48. The van der Waals surface area contributed by atoms with E-state index in [1.807, 2.05) is 43.5 Å². The molecule has 0 radical (unpaired) electrons. The second-order valence-electron chi connectivity index (χ2n) is 5.09. The van der Waals surface area contributed by atoms with E-state index in [1.165, 1.54) is 5.56 Å². The first-order valence-electron chi connectivity index (χ1n) is 6.88. The van der Waals surface area contributed by atoms with E-state index >= 15 is 0 Å². The number of carbonyl (C=O) groups is 1. The van der Waals surface area contributed by atoms with E-state index in [-0.39, 0.29) is 11.8 Å². The number of hydrogen-bond donors (Lipinski definition) is 1. The summed E-state index contributed by atoms with van der Waals surface area (Å²) < 4.78 is 0. The summed E-state index contributed by atoms with van der Waals surface area (Å²) in [7, 11) is 0. The average Bonchev–Trinajstić information content (AvgIpc) is 2.47. The summed E-state index contributed by atoms with van der Waals surface area (Å²) in [5.74, 6) is 0.255. The van der Waals surface area contributed by atoms with Gasteiger partial charge in [-0.25, -0.2) is 0 Å². The van der Waals surface area contributed by atoms with Gasteiger partial charge in [-0.3, -0.25) is 9.78 Å². The van der Waals surface area contributed by atoms with Gasteiger partial charge >= 0.3 is 0 Å². The highest BCUT2D eigenvalue weighted by Gasteiger charge is 2.11. The summed E-state index contributed by atoms with van der Waals surface area (Å²) in [5, 5.41) is 2.98. The Labute approximate surface area is 120 Å². The van der Waals surface area contributed by atoms with Gasteiger partial charge in [0.2, 0.25) is 5.91 Å². The molecule has 1 atom stereocenters. The molecule has 0 aliphatic carbocycles. The molecule has 3 nitrogen and oxygen atoms in total. The molecule has 2 rings (SSSR count). The van der Waals surface area contributed by atoms with Gasteiger partial charge in [0.1, 0.15) is 0 Å². The number of rotatable bonds is 5. The minimum Gasteiger partial charge on any atom is -0.352 e. The third-order valence-electron chi connectivity index (χ3n) is 3.48. The van der Waals surface area contributed by atoms with Crippen molar-refractivity contribution in [2.45, 2.75) is 32.7 Å². The first-order chi connectivity index (χ1) is 9.66. The zero-order chi connectivity index (χ0) is 14.4. The molecule has 1 N–H and O–H groups in total. The van der Waals surface area contributed by atoms with Gasteiger partial charge in [0.25, 0.3) is 0 Å². The van der Waals surface area contributed by atoms with E-state index in [0.29, 0.717) is 13.0 Å². The lowest BCUT2D eigenvalue weighted by atomic mass is 9.99. The minimum atomic E-state index is 0.0737. The lowest BCUT2D eigenvalue weighted by molar-refractivity contribution is -0.121. The first-order valence-corrected chi connectivity index (χ1v) is 6.88. The van der Waals surface area contributed by atoms with Crippen molar-refractivity contribution in [1.82, 2.24) is 10.3 Å². The molecule has 0 spiro atoms. The number of aromatic nitrogens is 1. The summed E-state index contributed by atoms with van der Waals surface area (Å²) in [5.41, 5.74) is 3.46. The van der Waals surface area contributed by atoms with Gasteiger partial charge in [-0.1, -0.05) is 37.3 Å². The molecule has 104 valence electrons. The van der Waals surface area contributed by atoms with Gasteiger partial charge in [0, 0.05) is 25.4 Å². The summed E-state index contributed by atoms with van der Waals surface area (Å²) in [4.78, 5) is 16.1. The fraction of sp³-hybridized carbons (Fsp3) is 0.294. The van der Waals surface area contributed by atoms with E-state index < -0.39 is 0 Å². The zero-order valence-corrected chi connectivity index (χ0v) is 12.0. The van der Waals surface area contributed by atoms with E-state index in [4.69, 9.17) is 0 Å². The SMILES string of the molecule is Cc1ccccc1CNC(=O)CC(C)c1cccnc1. The maximum absolute atomic E-state index is 12.0. The molecule has 0 saturated heterocycles. The summed E-state index contributed by atoms with van der Waals surface area (Å²) >= 11 is 0. The van der Waals surface area contributed by atoms with Crippen LogP contribution in [0.25, 0.3) is 0 Å². The molecular formula is C17H20N2O. The summed E-state index contributed by atoms with van der Waals surface area (Å²) in [6.45, 7) is 4.69. The largest absolute Gasteiger partial charge is 0.352 e. The molecule has 3 heteroatoms. The van der Waals surface area contributed by atoms with Gasteiger partial charge in [-0.15, -0.1) is 0 Å². The van der Waals surface area contributed by atoms with Crippen LogP contribution in [-0.2, 0) is 11.3 Å². The van der Waals surface area contributed by atoms with Crippen LogP contribution in [0.2, 0.25) is 0 Å². The van der Waals surface area contributed by atoms with Crippen molar-refractivity contribution in [1.29, 1.82) is 0 Å². The molecule has 0 saturated carbocycles. The van der Waals surface area contributed by atoms with Gasteiger partial charge in [-0.05, 0) is 35.6 Å². The molecule has 0 aliphatic heterocycles. The number of nitrogens with zero attached hydrogens (tertiary/aromatic N) is 1. The van der Waals surface area contributed by atoms with Crippen LogP contribution in [0.5, 0.6) is 0 Å². The van der Waals surface area contributed by atoms with Gasteiger partial charge in [0.05, 0.1) is 0 Å². The van der Waals surface area contributed by atoms with Crippen molar-refractivity contribution in [3.05, 3.63) is 65.5 Å². The molecule has 1 aromatic carbocycles. The molecule has 0 fully saturated rings. The molecular weight excluding hydrogens is 248 g/mol. The van der Waals surface area contributed by atoms with Gasteiger partial charge in [-0.2, -0.15) is 0 Å². The molecule has 0 aliphatic rings. The molecule has 1 heterocycles. The zero-order valence-electron chi connectivity index (χ0n) is 12.0. The third kappa shape index (κ3) is 3.92. The fourth-order valence-corrected chi connectivity index (χ4v) is 2.14. The maximum atomic E-state index is 12.0. The van der Waals surface area contributed by atoms with Crippen LogP contribution in [-0.4, -0.2) is 10.9 Å². The lowest BCUT2D eigenvalue weighted by Crippen LogP contribution is -2.24. The van der Waals surface area contributed by atoms with Crippen molar-refractivity contribution < 1.29 is 4.79 Å². The Morgan fingerprint density at radius 1 is 1.25 bits per heavy atom. The smallest absolute Gasteiger partial charge is 0.220 e. The predicted octanol–water partition coefficient (Wildman–Crippen LogP) is 3.20. The minimum absolute atomic E-state index is 0.0737. The van der Waals surface area contributed by atoms with Gasteiger partial charge < -0.3 is 5.32 Å². The Kier molecular flexibility index (Phi) is 4.88. The molecule has 1 unspecified atom stereocenters. The number of carbonyl (C=O) groups excluding carboxylic acids is 1. The highest BCUT2D eigenvalue weighted by molar-refractivity contribution is 5.76. The van der Waals surface area contributed by atoms with E-state index in [1.54, 1.807) is 6.20 Å². The van der Waals surface area contributed by atoms with Gasteiger partial charge in [0.15, 0.2) is 0 Å². The number of aryl methyl sites for hydroxylation is 1. The maximum Gasteiger partial charge on any atom is 0.220 e. The van der Waals surface area contributed by atoms with E-state index in [9.17, 15) is 4.79 Å². The first kappa shape index (κ1) is 14.3. The monoisotopic (exact) mass is 268 g/mol. The molecule has 0 bridgehead atoms. The van der Waals surface area contributed by atoms with E-state index in [0.717, 1.165) is 11.1 Å². The van der Waals surface area contributed by atoms with Crippen LogP contribution in [0.15, 0.2) is 48.8 Å². The number of amides is 1. The van der Waals surface area contributed by atoms with Crippen LogP contribution in [0.3, 0.4) is 0 Å². The second-order valence-corrected chi connectivity index (χ2v) is 5.09. The van der Waals surface area contributed by atoms with Crippen LogP contribution in [0.1, 0.15) is 36.0 Å². The number of hydrogen-bond acceptors (Lipinski definition) is 2. The predicted molar refractivity (Wildman–Crippen MR) is 80.3 cm³/mol. The topological polar surface area (TPSA) is 42.0 Å². The van der Waals surface area contributed by atoms with Crippen LogP contribution in [0, 0.1) is 6.92 Å². The molecule has 1 amide bonds. The van der Waals surface area contributed by atoms with Crippen molar-refractivity contribution in [2.75, 3.05) is 0 Å². The normalized spacial score (nSPS) is 11.9. The Hall–Kier alpha value is -2.16. The second kappa shape index (κ2) is 6.85. The molecule has 1 aromatic heterocycles. The fourth-order valence-electron chi connectivity index (χ4n) is 2.14. The highest BCUT2D eigenvalue weighted by atomic mass is 16.1. The van der Waals surface area contributed by atoms with E-state index in [2.05, 4.69) is 23.3 Å². The molecule has 2 aromatic rings. The quantitative estimate of drug-likeness (QED) is 0.904. The number of nitrogens with one attached hydrogen (secondary N) is 1. The Balaban J connectivity index is 1.86. The summed E-state index contributed by atoms with van der Waals surface area (Å²) in [6, 6.07) is 12.0. The van der Waals surface area contributed by atoms with Crippen LogP contribution >= 0.6 is 0 Å². The standard InChI is InChI=1S/C17H20N2O/c1-13-6-3-4-7-16(13)12-19-17(20)10-14(2)15-8-5-9-18-11-15/h3-9,11,14H,10,12H2,1-2H3,(H,19,20). The Morgan fingerprint density at radius 2 is 2.05 bits per heavy atom. The van der Waals surface area contributed by atoms with Crippen molar-refractivity contribution in [3.8, 4) is 0 Å². The van der Waals surface area contributed by atoms with Crippen LogP contribution in [0.4, 0.5) is 0 Å². The Morgan fingerprint density at radius 3 is 2.75 bits per heavy atom. The highest BCUT2D eigenvalue weighted by Crippen LogP contribution is 2.17. The summed E-state index contributed by atoms with van der Waals surface area (Å²) in [6.07, 6.45) is 4.05. The van der Waals surface area contributed by atoms with Crippen LogP contribution < -0.4 is 5.32 Å². The molecule has 20 heavy (non-hydrogen) atoms. The Bertz CT molecular complexity index is 566. The number of benzene rings is 1. The average molecular weight is 268 g/mol. The van der Waals surface area contributed by atoms with Crippen molar-refractivity contribution in [2.24, 2.45) is 0 Å². The van der Waals surface area contributed by atoms with Crippen molar-refractivity contribution >= 4 is 5.91 Å². The van der Waals surface area contributed by atoms with Crippen molar-refractivity contribution in [3.63, 3.8) is 0 Å².